The molecular weight excluding hydrogens is 382 g/mol. The summed E-state index contributed by atoms with van der Waals surface area (Å²) in [6, 6.07) is 17.9. The zero-order valence-corrected chi connectivity index (χ0v) is 18.9. The maximum atomic E-state index is 2.42. The first-order valence-electron chi connectivity index (χ1n) is 9.58. The first-order chi connectivity index (χ1) is 11.6. The normalized spacial score (nSPS) is 34.2. The van der Waals surface area contributed by atoms with Crippen molar-refractivity contribution in [1.82, 2.24) is 0 Å². The number of rotatable bonds is 2. The van der Waals surface area contributed by atoms with Gasteiger partial charge in [-0.1, -0.05) is 43.5 Å². The van der Waals surface area contributed by atoms with E-state index < -0.39 is 0 Å². The molecule has 2 aliphatic rings. The van der Waals surface area contributed by atoms with Crippen LogP contribution in [0.3, 0.4) is 0 Å². The van der Waals surface area contributed by atoms with Gasteiger partial charge in [-0.05, 0) is 48.3 Å². The molecule has 2 aromatic carbocycles. The van der Waals surface area contributed by atoms with Gasteiger partial charge in [-0.3, -0.25) is 0 Å². The Morgan fingerprint density at radius 3 is 1.24 bits per heavy atom. The van der Waals surface area contributed by atoms with Crippen molar-refractivity contribution in [2.75, 3.05) is 0 Å². The van der Waals surface area contributed by atoms with Crippen LogP contribution in [0.1, 0.15) is 53.4 Å². The van der Waals surface area contributed by atoms with Crippen molar-refractivity contribution in [2.24, 2.45) is 0 Å². The van der Waals surface area contributed by atoms with Gasteiger partial charge < -0.3 is 0 Å². The van der Waals surface area contributed by atoms with Crippen molar-refractivity contribution < 1.29 is 17.1 Å². The first-order valence-corrected chi connectivity index (χ1v) is 12.5. The van der Waals surface area contributed by atoms with E-state index in [9.17, 15) is 0 Å². The first kappa shape index (κ1) is 21.4. The molecule has 0 aromatic heterocycles. The van der Waals surface area contributed by atoms with Gasteiger partial charge in [0.05, 0.1) is 0 Å². The molecule has 0 amide bonds. The Kier molecular flexibility index (Phi) is 8.43. The van der Waals surface area contributed by atoms with Crippen LogP contribution in [0.4, 0.5) is 0 Å². The van der Waals surface area contributed by atoms with E-state index in [2.05, 4.69) is 76.2 Å². The quantitative estimate of drug-likeness (QED) is 0.314. The Morgan fingerprint density at radius 2 is 1.00 bits per heavy atom. The average molecular weight is 414 g/mol. The predicted octanol–water partition coefficient (Wildman–Crippen LogP) is 6.16. The standard InChI is InChI=1S/2C11H16P.Fe/c2*1-9-7-8-10(2)12(9)11-5-3-4-6-11;/h2*3-6,9-10H,7-8H2,1-2H3;/q2*-1;+2. The Morgan fingerprint density at radius 1 is 0.680 bits per heavy atom. The van der Waals surface area contributed by atoms with E-state index in [1.807, 2.05) is 0 Å². The monoisotopic (exact) mass is 414 g/mol. The van der Waals surface area contributed by atoms with Gasteiger partial charge in [-0.2, -0.15) is 24.3 Å². The second-order valence-corrected chi connectivity index (χ2v) is 13.8. The van der Waals surface area contributed by atoms with Crippen LogP contribution in [0.15, 0.2) is 48.5 Å². The van der Waals surface area contributed by atoms with E-state index in [4.69, 9.17) is 0 Å². The van der Waals surface area contributed by atoms with Gasteiger partial charge in [-0.25, -0.2) is 24.3 Å². The van der Waals surface area contributed by atoms with Crippen molar-refractivity contribution in [3.05, 3.63) is 48.5 Å². The van der Waals surface area contributed by atoms with Crippen molar-refractivity contribution >= 4 is 26.5 Å². The molecule has 0 spiro atoms. The minimum absolute atomic E-state index is 0. The van der Waals surface area contributed by atoms with Crippen LogP contribution in [0, 0.1) is 0 Å². The Bertz CT molecular complexity index is 515. The summed E-state index contributed by atoms with van der Waals surface area (Å²) >= 11 is 0. The topological polar surface area (TPSA) is 0 Å². The van der Waals surface area contributed by atoms with Gasteiger partial charge in [0.25, 0.3) is 0 Å². The molecule has 4 unspecified atom stereocenters. The van der Waals surface area contributed by atoms with E-state index in [0.29, 0.717) is 0 Å². The third-order valence-corrected chi connectivity index (χ3v) is 12.4. The Labute approximate surface area is 167 Å². The molecule has 25 heavy (non-hydrogen) atoms. The molecule has 2 fully saturated rings. The van der Waals surface area contributed by atoms with Gasteiger partial charge in [-0.15, -0.1) is 10.6 Å². The molecule has 2 aromatic rings. The number of hydrogen-bond donors (Lipinski definition) is 0. The minimum atomic E-state index is 0. The maximum Gasteiger partial charge on any atom is 2.00 e. The Balaban J connectivity index is 0.000000173. The van der Waals surface area contributed by atoms with Crippen LogP contribution < -0.4 is 10.6 Å². The second kappa shape index (κ2) is 9.85. The van der Waals surface area contributed by atoms with Gasteiger partial charge >= 0.3 is 17.1 Å². The van der Waals surface area contributed by atoms with Gasteiger partial charge in [0.15, 0.2) is 0 Å². The predicted molar refractivity (Wildman–Crippen MR) is 113 cm³/mol. The molecule has 138 valence electrons. The average Bonchev–Trinajstić information content (AvgIpc) is 3.31. The smallest absolute Gasteiger partial charge is 0.213 e. The summed E-state index contributed by atoms with van der Waals surface area (Å²) in [5, 5.41) is 3.25. The molecule has 0 radical (unpaired) electrons. The summed E-state index contributed by atoms with van der Waals surface area (Å²) in [6.07, 6.45) is 5.77. The van der Waals surface area contributed by atoms with Gasteiger partial charge in [0.2, 0.25) is 0 Å². The third kappa shape index (κ3) is 5.08. The van der Waals surface area contributed by atoms with Crippen LogP contribution in [-0.2, 0) is 17.1 Å². The van der Waals surface area contributed by atoms with Crippen LogP contribution >= 0.6 is 15.8 Å². The van der Waals surface area contributed by atoms with E-state index in [-0.39, 0.29) is 32.9 Å². The molecule has 0 nitrogen and oxygen atoms in total. The van der Waals surface area contributed by atoms with Crippen molar-refractivity contribution in [3.8, 4) is 0 Å². The summed E-state index contributed by atoms with van der Waals surface area (Å²) in [5.41, 5.74) is 3.82. The largest absolute Gasteiger partial charge is 2.00 e. The zero-order chi connectivity index (χ0) is 17.1. The summed E-state index contributed by atoms with van der Waals surface area (Å²) in [4.78, 5) is 0. The SMILES string of the molecule is CC1CCC(C)P1c1ccc[cH-]1.CC1CCC(C)P1c1ccc[cH-]1.[Fe+2]. The summed E-state index contributed by atoms with van der Waals surface area (Å²) < 4.78 is 0. The molecule has 4 atom stereocenters. The van der Waals surface area contributed by atoms with E-state index in [1.54, 1.807) is 10.6 Å². The molecule has 4 rings (SSSR count). The van der Waals surface area contributed by atoms with Crippen molar-refractivity contribution in [3.63, 3.8) is 0 Å². The number of hydrogen-bond acceptors (Lipinski definition) is 0. The summed E-state index contributed by atoms with van der Waals surface area (Å²) in [5.74, 6) is 0. The summed E-state index contributed by atoms with van der Waals surface area (Å²) in [7, 11) is 0.349. The van der Waals surface area contributed by atoms with E-state index in [1.165, 1.54) is 25.7 Å². The molecule has 0 saturated carbocycles. The fourth-order valence-corrected chi connectivity index (χ4v) is 11.0. The van der Waals surface area contributed by atoms with Crippen molar-refractivity contribution in [2.45, 2.75) is 76.0 Å². The van der Waals surface area contributed by atoms with Crippen LogP contribution in [-0.4, -0.2) is 22.6 Å². The zero-order valence-electron chi connectivity index (χ0n) is 16.0. The van der Waals surface area contributed by atoms with Crippen LogP contribution in [0.5, 0.6) is 0 Å². The van der Waals surface area contributed by atoms with E-state index >= 15 is 0 Å². The molecule has 0 bridgehead atoms. The van der Waals surface area contributed by atoms with E-state index in [0.717, 1.165) is 22.6 Å². The van der Waals surface area contributed by atoms with Gasteiger partial charge in [0.1, 0.15) is 0 Å². The molecule has 2 heterocycles. The fraction of sp³-hybridized carbons (Fsp3) is 0.545. The molecule has 2 saturated heterocycles. The fourth-order valence-electron chi connectivity index (χ4n) is 4.48. The van der Waals surface area contributed by atoms with Crippen LogP contribution in [0.25, 0.3) is 0 Å². The Hall–Kier alpha value is 0.0795. The molecule has 0 aliphatic carbocycles. The second-order valence-electron chi connectivity index (χ2n) is 7.65. The summed E-state index contributed by atoms with van der Waals surface area (Å²) in [6.45, 7) is 9.68. The molecule has 0 N–H and O–H groups in total. The molecule has 2 aliphatic heterocycles. The molecule has 3 heteroatoms. The van der Waals surface area contributed by atoms with Crippen LogP contribution in [0.2, 0.25) is 0 Å². The molecular formula is C22H32FeP2. The van der Waals surface area contributed by atoms with Crippen molar-refractivity contribution in [1.29, 1.82) is 0 Å². The third-order valence-electron chi connectivity index (χ3n) is 5.79. The van der Waals surface area contributed by atoms with Gasteiger partial charge in [0, 0.05) is 0 Å². The minimum Gasteiger partial charge on any atom is -0.213 e. The maximum absolute atomic E-state index is 2.42.